The number of amides is 1. The predicted molar refractivity (Wildman–Crippen MR) is 119 cm³/mol. The van der Waals surface area contributed by atoms with Gasteiger partial charge in [-0.3, -0.25) is 9.69 Å². The average molecular weight is 434 g/mol. The van der Waals surface area contributed by atoms with E-state index in [9.17, 15) is 4.79 Å². The lowest BCUT2D eigenvalue weighted by Crippen LogP contribution is -2.38. The number of thioether (sulfide) groups is 1. The molecular formula is C22H31N3O4S. The van der Waals surface area contributed by atoms with Crippen molar-refractivity contribution in [2.45, 2.75) is 26.0 Å². The number of carbonyl (C=O) groups excluding carboxylic acids is 1. The minimum atomic E-state index is 0.0647. The number of morpholine rings is 1. The lowest BCUT2D eigenvalue weighted by atomic mass is 10.2. The zero-order valence-corrected chi connectivity index (χ0v) is 18.6. The number of nitrogens with one attached hydrogen (secondary N) is 1. The van der Waals surface area contributed by atoms with E-state index < -0.39 is 0 Å². The normalized spacial score (nSPS) is 14.6. The van der Waals surface area contributed by atoms with Crippen LogP contribution in [-0.2, 0) is 15.3 Å². The van der Waals surface area contributed by atoms with Crippen molar-refractivity contribution in [2.24, 2.45) is 0 Å². The third kappa shape index (κ3) is 7.04. The zero-order valence-electron chi connectivity index (χ0n) is 17.8. The maximum absolute atomic E-state index is 12.1. The molecule has 2 aromatic rings. The molecule has 30 heavy (non-hydrogen) atoms. The largest absolute Gasteiger partial charge is 0.494 e. The highest BCUT2D eigenvalue weighted by Gasteiger charge is 2.13. The molecule has 8 heteroatoms. The SMILES string of the molecule is CCOc1ccc(-c2nc(CSCC(=O)NCCCN3CCOCC3)c(C)o2)cc1. The van der Waals surface area contributed by atoms with Crippen LogP contribution >= 0.6 is 11.8 Å². The summed E-state index contributed by atoms with van der Waals surface area (Å²) >= 11 is 1.55. The second-order valence-electron chi connectivity index (χ2n) is 7.13. The number of hydrogen-bond acceptors (Lipinski definition) is 7. The minimum Gasteiger partial charge on any atom is -0.494 e. The van der Waals surface area contributed by atoms with E-state index in [1.807, 2.05) is 38.1 Å². The molecule has 1 aliphatic rings. The van der Waals surface area contributed by atoms with E-state index in [0.29, 0.717) is 30.5 Å². The van der Waals surface area contributed by atoms with E-state index in [1.165, 1.54) is 0 Å². The summed E-state index contributed by atoms with van der Waals surface area (Å²) in [4.78, 5) is 19.0. The van der Waals surface area contributed by atoms with Gasteiger partial charge in [-0.1, -0.05) is 0 Å². The Hall–Kier alpha value is -2.03. The number of nitrogens with zero attached hydrogens (tertiary/aromatic N) is 2. The molecule has 1 N–H and O–H groups in total. The molecule has 1 fully saturated rings. The Balaban J connectivity index is 1.36. The summed E-state index contributed by atoms with van der Waals surface area (Å²) in [5, 5.41) is 3.00. The Labute approximate surface area is 182 Å². The van der Waals surface area contributed by atoms with Crippen LogP contribution in [0, 0.1) is 6.92 Å². The van der Waals surface area contributed by atoms with E-state index >= 15 is 0 Å². The molecule has 1 aromatic heterocycles. The molecule has 3 rings (SSSR count). The molecule has 0 atom stereocenters. The highest BCUT2D eigenvalue weighted by molar-refractivity contribution is 7.99. The molecular weight excluding hydrogens is 402 g/mol. The van der Waals surface area contributed by atoms with Gasteiger partial charge in [0.05, 0.1) is 31.3 Å². The topological polar surface area (TPSA) is 76.8 Å². The van der Waals surface area contributed by atoms with E-state index in [-0.39, 0.29) is 5.91 Å². The van der Waals surface area contributed by atoms with Gasteiger partial charge in [-0.25, -0.2) is 4.98 Å². The summed E-state index contributed by atoms with van der Waals surface area (Å²) < 4.78 is 16.6. The van der Waals surface area contributed by atoms with Crippen molar-refractivity contribution in [2.75, 3.05) is 51.8 Å². The number of ether oxygens (including phenoxy) is 2. The lowest BCUT2D eigenvalue weighted by molar-refractivity contribution is -0.118. The van der Waals surface area contributed by atoms with Crippen LogP contribution in [0.4, 0.5) is 0 Å². The summed E-state index contributed by atoms with van der Waals surface area (Å²) in [5.41, 5.74) is 1.79. The van der Waals surface area contributed by atoms with Crippen molar-refractivity contribution < 1.29 is 18.7 Å². The first-order valence-electron chi connectivity index (χ1n) is 10.5. The monoisotopic (exact) mass is 433 g/mol. The van der Waals surface area contributed by atoms with Crippen LogP contribution in [0.2, 0.25) is 0 Å². The van der Waals surface area contributed by atoms with Crippen LogP contribution in [-0.4, -0.2) is 67.5 Å². The molecule has 0 saturated carbocycles. The van der Waals surface area contributed by atoms with Crippen molar-refractivity contribution in [3.63, 3.8) is 0 Å². The van der Waals surface area contributed by atoms with Crippen LogP contribution in [0.25, 0.3) is 11.5 Å². The Morgan fingerprint density at radius 2 is 2.03 bits per heavy atom. The molecule has 2 heterocycles. The molecule has 7 nitrogen and oxygen atoms in total. The number of aryl methyl sites for hydroxylation is 1. The van der Waals surface area contributed by atoms with Crippen LogP contribution in [0.5, 0.6) is 5.75 Å². The lowest BCUT2D eigenvalue weighted by Gasteiger charge is -2.26. The first-order valence-corrected chi connectivity index (χ1v) is 11.6. The van der Waals surface area contributed by atoms with Crippen molar-refractivity contribution in [1.29, 1.82) is 0 Å². The van der Waals surface area contributed by atoms with E-state index in [2.05, 4.69) is 15.2 Å². The van der Waals surface area contributed by atoms with E-state index in [1.54, 1.807) is 11.8 Å². The maximum Gasteiger partial charge on any atom is 0.230 e. The number of oxazole rings is 1. The molecule has 1 aromatic carbocycles. The molecule has 0 radical (unpaired) electrons. The molecule has 0 unspecified atom stereocenters. The Morgan fingerprint density at radius 1 is 1.27 bits per heavy atom. The fourth-order valence-corrected chi connectivity index (χ4v) is 4.04. The molecule has 1 aliphatic heterocycles. The first kappa shape index (κ1) is 22.7. The highest BCUT2D eigenvalue weighted by atomic mass is 32.2. The summed E-state index contributed by atoms with van der Waals surface area (Å²) in [6, 6.07) is 7.71. The van der Waals surface area contributed by atoms with Gasteiger partial charge in [0.15, 0.2) is 0 Å². The van der Waals surface area contributed by atoms with Crippen LogP contribution in [0.3, 0.4) is 0 Å². The molecule has 164 valence electrons. The zero-order chi connectivity index (χ0) is 21.2. The fraction of sp³-hybridized carbons (Fsp3) is 0.545. The second-order valence-corrected chi connectivity index (χ2v) is 8.12. The number of aromatic nitrogens is 1. The molecule has 1 amide bonds. The van der Waals surface area contributed by atoms with Crippen molar-refractivity contribution >= 4 is 17.7 Å². The second kappa shape index (κ2) is 12.0. The third-order valence-corrected chi connectivity index (χ3v) is 5.80. The van der Waals surface area contributed by atoms with Crippen molar-refractivity contribution in [1.82, 2.24) is 15.2 Å². The quantitative estimate of drug-likeness (QED) is 0.546. The Kier molecular flexibility index (Phi) is 9.04. The summed E-state index contributed by atoms with van der Waals surface area (Å²) in [6.07, 6.45) is 0.963. The molecule has 1 saturated heterocycles. The predicted octanol–water partition coefficient (Wildman–Crippen LogP) is 3.12. The van der Waals surface area contributed by atoms with Gasteiger partial charge in [-0.2, -0.15) is 0 Å². The van der Waals surface area contributed by atoms with Crippen LogP contribution in [0.1, 0.15) is 24.8 Å². The van der Waals surface area contributed by atoms with Crippen molar-refractivity contribution in [3.8, 4) is 17.2 Å². The maximum atomic E-state index is 12.1. The van der Waals surface area contributed by atoms with Gasteiger partial charge in [0, 0.05) is 31.0 Å². The van der Waals surface area contributed by atoms with E-state index in [4.69, 9.17) is 13.9 Å². The average Bonchev–Trinajstić information content (AvgIpc) is 3.13. The summed E-state index contributed by atoms with van der Waals surface area (Å²) in [5.74, 6) is 3.35. The number of hydrogen-bond donors (Lipinski definition) is 1. The Morgan fingerprint density at radius 3 is 2.77 bits per heavy atom. The fourth-order valence-electron chi connectivity index (χ4n) is 3.19. The third-order valence-electron chi connectivity index (χ3n) is 4.85. The van der Waals surface area contributed by atoms with Gasteiger partial charge < -0.3 is 19.2 Å². The van der Waals surface area contributed by atoms with Gasteiger partial charge in [-0.05, 0) is 51.1 Å². The molecule has 0 bridgehead atoms. The summed E-state index contributed by atoms with van der Waals surface area (Å²) in [7, 11) is 0. The van der Waals surface area contributed by atoms with Gasteiger partial charge in [0.2, 0.25) is 11.8 Å². The standard InChI is InChI=1S/C22H31N3O4S/c1-3-28-19-7-5-18(6-8-19)22-24-20(17(2)29-22)15-30-16-21(26)23-9-4-10-25-11-13-27-14-12-25/h5-8H,3-4,9-16H2,1-2H3,(H,23,26). The number of carbonyl (C=O) groups is 1. The van der Waals surface area contributed by atoms with Crippen LogP contribution < -0.4 is 10.1 Å². The summed E-state index contributed by atoms with van der Waals surface area (Å²) in [6.45, 7) is 9.81. The highest BCUT2D eigenvalue weighted by Crippen LogP contribution is 2.25. The van der Waals surface area contributed by atoms with E-state index in [0.717, 1.165) is 62.0 Å². The molecule has 0 aliphatic carbocycles. The smallest absolute Gasteiger partial charge is 0.230 e. The van der Waals surface area contributed by atoms with Gasteiger partial charge >= 0.3 is 0 Å². The van der Waals surface area contributed by atoms with Gasteiger partial charge in [-0.15, -0.1) is 11.8 Å². The molecule has 0 spiro atoms. The first-order chi connectivity index (χ1) is 14.7. The van der Waals surface area contributed by atoms with Crippen molar-refractivity contribution in [3.05, 3.63) is 35.7 Å². The van der Waals surface area contributed by atoms with Gasteiger partial charge in [0.1, 0.15) is 11.5 Å². The minimum absolute atomic E-state index is 0.0647. The van der Waals surface area contributed by atoms with Crippen LogP contribution in [0.15, 0.2) is 28.7 Å². The Bertz CT molecular complexity index is 788. The number of rotatable bonds is 11. The van der Waals surface area contributed by atoms with Gasteiger partial charge in [0.25, 0.3) is 0 Å². The number of benzene rings is 1.